The van der Waals surface area contributed by atoms with E-state index >= 15 is 0 Å². The Hall–Kier alpha value is 0.504. The predicted molar refractivity (Wildman–Crippen MR) is 18.8 cm³/mol. The summed E-state index contributed by atoms with van der Waals surface area (Å²) in [4.78, 5) is 0. The molecule has 0 aliphatic carbocycles. The topological polar surface area (TPSA) is 40.5 Å². The van der Waals surface area contributed by atoms with E-state index in [9.17, 15) is 0 Å². The average molecular weight is 127 g/mol. The Labute approximate surface area is 49.1 Å². The van der Waals surface area contributed by atoms with Gasteiger partial charge in [-0.15, -0.1) is 0 Å². The molecule has 0 rings (SSSR count). The minimum atomic E-state index is -0.560. The maximum absolute atomic E-state index is 8.11. The van der Waals surface area contributed by atoms with Crippen molar-refractivity contribution >= 4 is 0 Å². The van der Waals surface area contributed by atoms with Crippen LogP contribution < -0.4 is 0 Å². The van der Waals surface area contributed by atoms with Crippen molar-refractivity contribution in [2.24, 2.45) is 0 Å². The molecule has 0 fully saturated rings. The molecule has 0 bridgehead atoms. The predicted octanol–water partition coefficient (Wildman–Crippen LogP) is -0.643. The molecule has 0 saturated carbocycles. The first-order chi connectivity index (χ1) is 2.27. The zero-order valence-corrected chi connectivity index (χ0v) is 5.02. The summed E-state index contributed by atoms with van der Waals surface area (Å²) in [6, 6.07) is 0. The Balaban J connectivity index is 0. The zero-order valence-electron chi connectivity index (χ0n) is 3.63. The van der Waals surface area contributed by atoms with Gasteiger partial charge in [0.1, 0.15) is 0 Å². The second-order valence-corrected chi connectivity index (χ2v) is 1.03. The van der Waals surface area contributed by atoms with Crippen molar-refractivity contribution in [1.29, 1.82) is 0 Å². The van der Waals surface area contributed by atoms with Gasteiger partial charge in [-0.1, -0.05) is 0 Å². The van der Waals surface area contributed by atoms with Crippen molar-refractivity contribution in [1.82, 2.24) is 0 Å². The second-order valence-electron chi connectivity index (χ2n) is 1.03. The molecule has 3 heteroatoms. The van der Waals surface area contributed by atoms with Crippen molar-refractivity contribution in [3.63, 3.8) is 0 Å². The molecule has 0 aromatic heterocycles. The Morgan fingerprint density at radius 3 is 1.83 bits per heavy atom. The molecule has 0 aliphatic heterocycles. The summed E-state index contributed by atoms with van der Waals surface area (Å²) in [5.41, 5.74) is 0. The Morgan fingerprint density at radius 2 is 1.83 bits per heavy atom. The van der Waals surface area contributed by atoms with E-state index in [0.717, 1.165) is 0 Å². The van der Waals surface area contributed by atoms with Gasteiger partial charge in [0.2, 0.25) is 0 Å². The van der Waals surface area contributed by atoms with Gasteiger partial charge in [0.15, 0.2) is 0 Å². The molecule has 1 atom stereocenters. The molecule has 0 aliphatic rings. The van der Waals surface area contributed by atoms with Crippen LogP contribution in [-0.2, 0) is 18.6 Å². The quantitative estimate of drug-likeness (QED) is 0.491. The summed E-state index contributed by atoms with van der Waals surface area (Å²) in [6.45, 7) is 1.39. The number of hydrogen-bond donors (Lipinski definition) is 2. The molecule has 37 valence electrons. The first-order valence-corrected chi connectivity index (χ1v) is 1.56. The molecule has 0 spiro atoms. The maximum Gasteiger partial charge on any atom is 0.0742 e. The van der Waals surface area contributed by atoms with E-state index in [4.69, 9.17) is 10.2 Å². The standard InChI is InChI=1S/C3H8O2.V/c1-3(5)2-4;/h3-5H,2H2,1H3;. The molecule has 2 nitrogen and oxygen atoms in total. The monoisotopic (exact) mass is 127 g/mol. The van der Waals surface area contributed by atoms with Crippen molar-refractivity contribution < 1.29 is 28.8 Å². The number of hydrogen-bond acceptors (Lipinski definition) is 2. The van der Waals surface area contributed by atoms with Crippen LogP contribution in [0.1, 0.15) is 6.92 Å². The number of aliphatic hydroxyl groups excluding tert-OH is 2. The Kier molecular flexibility index (Phi) is 8.91. The van der Waals surface area contributed by atoms with Crippen molar-refractivity contribution in [3.05, 3.63) is 0 Å². The van der Waals surface area contributed by atoms with E-state index in [-0.39, 0.29) is 25.2 Å². The summed E-state index contributed by atoms with van der Waals surface area (Å²) in [5, 5.41) is 16.0. The van der Waals surface area contributed by atoms with Gasteiger partial charge in [0.05, 0.1) is 12.7 Å². The van der Waals surface area contributed by atoms with Crippen LogP contribution in [0.15, 0.2) is 0 Å². The molecule has 1 unspecified atom stereocenters. The summed E-state index contributed by atoms with van der Waals surface area (Å²) >= 11 is 0. The van der Waals surface area contributed by atoms with E-state index in [2.05, 4.69) is 0 Å². The third-order valence-electron chi connectivity index (χ3n) is 0.264. The normalized spacial score (nSPS) is 12.5. The fourth-order valence-corrected chi connectivity index (χ4v) is 0. The molecule has 0 saturated heterocycles. The first kappa shape index (κ1) is 9.71. The zero-order chi connectivity index (χ0) is 4.28. The maximum atomic E-state index is 8.11. The summed E-state index contributed by atoms with van der Waals surface area (Å²) in [7, 11) is 0. The van der Waals surface area contributed by atoms with Crippen molar-refractivity contribution in [2.75, 3.05) is 6.61 Å². The molecular weight excluding hydrogens is 119 g/mol. The largest absolute Gasteiger partial charge is 0.394 e. The minimum Gasteiger partial charge on any atom is -0.394 e. The third-order valence-corrected chi connectivity index (χ3v) is 0.264. The van der Waals surface area contributed by atoms with Gasteiger partial charge >= 0.3 is 0 Å². The van der Waals surface area contributed by atoms with E-state index < -0.39 is 6.10 Å². The van der Waals surface area contributed by atoms with Gasteiger partial charge in [-0.2, -0.15) is 0 Å². The van der Waals surface area contributed by atoms with E-state index in [1.165, 1.54) is 6.92 Å². The van der Waals surface area contributed by atoms with E-state index in [0.29, 0.717) is 0 Å². The molecule has 0 aromatic rings. The number of aliphatic hydroxyl groups is 2. The van der Waals surface area contributed by atoms with Crippen molar-refractivity contribution in [3.8, 4) is 0 Å². The van der Waals surface area contributed by atoms with Crippen LogP contribution in [-0.4, -0.2) is 22.9 Å². The molecule has 2 N–H and O–H groups in total. The van der Waals surface area contributed by atoms with Gasteiger partial charge in [0.25, 0.3) is 0 Å². The van der Waals surface area contributed by atoms with Gasteiger partial charge < -0.3 is 10.2 Å². The third kappa shape index (κ3) is 8.82. The fraction of sp³-hybridized carbons (Fsp3) is 1.00. The minimum absolute atomic E-state index is 0. The molecule has 0 aromatic carbocycles. The van der Waals surface area contributed by atoms with Gasteiger partial charge in [-0.3, -0.25) is 0 Å². The second kappa shape index (κ2) is 5.50. The first-order valence-electron chi connectivity index (χ1n) is 1.56. The van der Waals surface area contributed by atoms with Crippen LogP contribution in [0.5, 0.6) is 0 Å². The van der Waals surface area contributed by atoms with Gasteiger partial charge in [0, 0.05) is 18.6 Å². The van der Waals surface area contributed by atoms with Crippen LogP contribution in [0.4, 0.5) is 0 Å². The Bertz CT molecular complexity index is 22.8. The summed E-state index contributed by atoms with van der Waals surface area (Å²) < 4.78 is 0. The smallest absolute Gasteiger partial charge is 0.0742 e. The summed E-state index contributed by atoms with van der Waals surface area (Å²) in [6.07, 6.45) is -0.560. The molecule has 0 heterocycles. The van der Waals surface area contributed by atoms with Gasteiger partial charge in [-0.05, 0) is 6.92 Å². The average Bonchev–Trinajstić information content (AvgIpc) is 1.38. The van der Waals surface area contributed by atoms with Crippen LogP contribution in [0.25, 0.3) is 0 Å². The number of rotatable bonds is 1. The fourth-order valence-electron chi connectivity index (χ4n) is 0. The molecule has 6 heavy (non-hydrogen) atoms. The van der Waals surface area contributed by atoms with Crippen LogP contribution in [0, 0.1) is 0 Å². The summed E-state index contributed by atoms with van der Waals surface area (Å²) in [5.74, 6) is 0. The van der Waals surface area contributed by atoms with Crippen LogP contribution >= 0.6 is 0 Å². The van der Waals surface area contributed by atoms with E-state index in [1.54, 1.807) is 0 Å². The van der Waals surface area contributed by atoms with E-state index in [1.807, 2.05) is 0 Å². The molecule has 0 amide bonds. The van der Waals surface area contributed by atoms with Crippen molar-refractivity contribution in [2.45, 2.75) is 13.0 Å². The van der Waals surface area contributed by atoms with Crippen LogP contribution in [0.2, 0.25) is 0 Å². The Morgan fingerprint density at radius 1 is 1.67 bits per heavy atom. The van der Waals surface area contributed by atoms with Crippen LogP contribution in [0.3, 0.4) is 0 Å². The molecule has 1 radical (unpaired) electrons. The molecular formula is C3H8O2V. The SMILES string of the molecule is CC(O)CO.[V]. The van der Waals surface area contributed by atoms with Gasteiger partial charge in [-0.25, -0.2) is 0 Å².